The number of rotatable bonds is 4. The SMILES string of the molecule is NC(=O)C1CCN(C2CCCN(C(=O)OC[C@H]3CCC[C@H]4c5cc(Cl)ccc5S(=O)(=O)N34)C2)CC1. The van der Waals surface area contributed by atoms with Gasteiger partial charge in [0, 0.05) is 30.1 Å². The molecule has 2 amide bonds. The van der Waals surface area contributed by atoms with Gasteiger partial charge < -0.3 is 15.4 Å². The van der Waals surface area contributed by atoms with Gasteiger partial charge >= 0.3 is 6.09 Å². The maximum Gasteiger partial charge on any atom is 0.409 e. The molecule has 4 aliphatic heterocycles. The highest BCUT2D eigenvalue weighted by Gasteiger charge is 2.48. The Kier molecular flexibility index (Phi) is 7.00. The highest BCUT2D eigenvalue weighted by molar-refractivity contribution is 7.89. The molecule has 1 unspecified atom stereocenters. The number of hydrogen-bond acceptors (Lipinski definition) is 6. The molecule has 4 heterocycles. The van der Waals surface area contributed by atoms with Crippen molar-refractivity contribution in [2.45, 2.75) is 68.0 Å². The van der Waals surface area contributed by atoms with Crippen molar-refractivity contribution >= 4 is 33.6 Å². The van der Waals surface area contributed by atoms with E-state index in [1.807, 2.05) is 0 Å². The number of halogens is 1. The molecule has 4 aliphatic rings. The van der Waals surface area contributed by atoms with Crippen LogP contribution < -0.4 is 5.73 Å². The van der Waals surface area contributed by atoms with Gasteiger partial charge in [0.15, 0.2) is 0 Å². The zero-order valence-corrected chi connectivity index (χ0v) is 21.3. The van der Waals surface area contributed by atoms with Crippen molar-refractivity contribution in [1.82, 2.24) is 14.1 Å². The highest BCUT2D eigenvalue weighted by Crippen LogP contribution is 2.47. The molecule has 1 aromatic carbocycles. The lowest BCUT2D eigenvalue weighted by molar-refractivity contribution is -0.123. The molecule has 1 aromatic rings. The van der Waals surface area contributed by atoms with Gasteiger partial charge in [-0.05, 0) is 81.8 Å². The third kappa shape index (κ3) is 4.77. The summed E-state index contributed by atoms with van der Waals surface area (Å²) in [5, 5.41) is 0.521. The average Bonchev–Trinajstić information content (AvgIpc) is 3.09. The third-order valence-corrected chi connectivity index (χ3v) is 10.3. The summed E-state index contributed by atoms with van der Waals surface area (Å²) in [6, 6.07) is 4.52. The van der Waals surface area contributed by atoms with Gasteiger partial charge in [-0.3, -0.25) is 9.69 Å². The fourth-order valence-electron chi connectivity index (χ4n) is 6.22. The van der Waals surface area contributed by atoms with Crippen molar-refractivity contribution in [3.05, 3.63) is 28.8 Å². The van der Waals surface area contributed by atoms with E-state index < -0.39 is 10.0 Å². The minimum atomic E-state index is -3.65. The summed E-state index contributed by atoms with van der Waals surface area (Å²) in [7, 11) is -3.65. The Morgan fingerprint density at radius 1 is 1.06 bits per heavy atom. The van der Waals surface area contributed by atoms with Crippen LogP contribution in [-0.4, -0.2) is 79.4 Å². The zero-order valence-electron chi connectivity index (χ0n) is 19.8. The molecule has 35 heavy (non-hydrogen) atoms. The number of ether oxygens (including phenoxy) is 1. The summed E-state index contributed by atoms with van der Waals surface area (Å²) in [5.74, 6) is -0.283. The summed E-state index contributed by atoms with van der Waals surface area (Å²) in [6.07, 6.45) is 5.27. The van der Waals surface area contributed by atoms with Gasteiger partial charge in [0.25, 0.3) is 0 Å². The molecule has 192 valence electrons. The molecule has 3 fully saturated rings. The fraction of sp³-hybridized carbons (Fsp3) is 0.667. The first-order chi connectivity index (χ1) is 16.8. The molecule has 5 rings (SSSR count). The molecule has 3 atom stereocenters. The van der Waals surface area contributed by atoms with Crippen LogP contribution in [0.2, 0.25) is 5.02 Å². The molecule has 0 saturated carbocycles. The number of benzene rings is 1. The first-order valence-electron chi connectivity index (χ1n) is 12.5. The Morgan fingerprint density at radius 3 is 2.57 bits per heavy atom. The van der Waals surface area contributed by atoms with Crippen LogP contribution in [0.1, 0.15) is 56.6 Å². The van der Waals surface area contributed by atoms with Gasteiger partial charge in [0.1, 0.15) is 6.61 Å². The van der Waals surface area contributed by atoms with Crippen LogP contribution in [0.15, 0.2) is 23.1 Å². The number of sulfonamides is 1. The van der Waals surface area contributed by atoms with Crippen molar-refractivity contribution < 1.29 is 22.7 Å². The summed E-state index contributed by atoms with van der Waals surface area (Å²) in [4.78, 5) is 28.8. The largest absolute Gasteiger partial charge is 0.448 e. The number of carbonyl (C=O) groups is 2. The van der Waals surface area contributed by atoms with Crippen LogP contribution >= 0.6 is 11.6 Å². The molecular weight excluding hydrogens is 492 g/mol. The van der Waals surface area contributed by atoms with Crippen LogP contribution in [0.4, 0.5) is 4.79 Å². The second kappa shape index (κ2) is 9.88. The fourth-order valence-corrected chi connectivity index (χ4v) is 8.48. The maximum absolute atomic E-state index is 13.3. The predicted molar refractivity (Wildman–Crippen MR) is 130 cm³/mol. The van der Waals surface area contributed by atoms with Crippen molar-refractivity contribution in [1.29, 1.82) is 0 Å². The third-order valence-electron chi connectivity index (χ3n) is 8.07. The van der Waals surface area contributed by atoms with E-state index in [9.17, 15) is 18.0 Å². The van der Waals surface area contributed by atoms with E-state index >= 15 is 0 Å². The summed E-state index contributed by atoms with van der Waals surface area (Å²) in [5.41, 5.74) is 6.20. The van der Waals surface area contributed by atoms with Crippen LogP contribution in [-0.2, 0) is 19.6 Å². The van der Waals surface area contributed by atoms with Crippen LogP contribution in [0, 0.1) is 5.92 Å². The Balaban J connectivity index is 1.19. The number of nitrogens with two attached hydrogens (primary N) is 1. The second-order valence-corrected chi connectivity index (χ2v) is 12.4. The Bertz CT molecular complexity index is 1090. The van der Waals surface area contributed by atoms with Crippen molar-refractivity contribution in [3.8, 4) is 0 Å². The van der Waals surface area contributed by atoms with Gasteiger partial charge in [-0.25, -0.2) is 13.2 Å². The lowest BCUT2D eigenvalue weighted by atomic mass is 9.93. The Labute approximate surface area is 211 Å². The van der Waals surface area contributed by atoms with E-state index in [2.05, 4.69) is 4.90 Å². The van der Waals surface area contributed by atoms with Crippen LogP contribution in [0.3, 0.4) is 0 Å². The molecular formula is C24H33ClN4O5S. The molecule has 11 heteroatoms. The lowest BCUT2D eigenvalue weighted by Gasteiger charge is -2.42. The summed E-state index contributed by atoms with van der Waals surface area (Å²) < 4.78 is 33.8. The second-order valence-electron chi connectivity index (χ2n) is 10.1. The van der Waals surface area contributed by atoms with Crippen LogP contribution in [0.25, 0.3) is 0 Å². The number of hydrogen-bond donors (Lipinski definition) is 1. The number of amides is 2. The summed E-state index contributed by atoms with van der Waals surface area (Å²) in [6.45, 7) is 2.87. The first kappa shape index (κ1) is 24.8. The number of likely N-dealkylation sites (tertiary alicyclic amines) is 2. The molecule has 9 nitrogen and oxygen atoms in total. The number of nitrogens with zero attached hydrogens (tertiary/aromatic N) is 3. The first-order valence-corrected chi connectivity index (χ1v) is 14.4. The lowest BCUT2D eigenvalue weighted by Crippen LogP contribution is -2.53. The zero-order chi connectivity index (χ0) is 24.7. The molecule has 2 N–H and O–H groups in total. The molecule has 3 saturated heterocycles. The van der Waals surface area contributed by atoms with E-state index in [0.717, 1.165) is 57.2 Å². The van der Waals surface area contributed by atoms with Gasteiger partial charge in [-0.1, -0.05) is 11.6 Å². The van der Waals surface area contributed by atoms with E-state index in [1.54, 1.807) is 23.1 Å². The normalized spacial score (nSPS) is 29.4. The summed E-state index contributed by atoms with van der Waals surface area (Å²) >= 11 is 6.15. The quantitative estimate of drug-likeness (QED) is 0.648. The Hall–Kier alpha value is -1.88. The average molecular weight is 525 g/mol. The highest BCUT2D eigenvalue weighted by atomic mass is 35.5. The molecule has 0 radical (unpaired) electrons. The topological polar surface area (TPSA) is 113 Å². The van der Waals surface area contributed by atoms with E-state index in [4.69, 9.17) is 22.1 Å². The number of primary amides is 1. The number of fused-ring (bicyclic) bond motifs is 3. The monoisotopic (exact) mass is 524 g/mol. The minimum absolute atomic E-state index is 0.0431. The van der Waals surface area contributed by atoms with Crippen molar-refractivity contribution in [2.24, 2.45) is 11.7 Å². The molecule has 0 aliphatic carbocycles. The molecule has 0 bridgehead atoms. The van der Waals surface area contributed by atoms with Gasteiger partial charge in [0.2, 0.25) is 15.9 Å². The van der Waals surface area contributed by atoms with E-state index in [-0.39, 0.29) is 42.7 Å². The maximum atomic E-state index is 13.3. The van der Waals surface area contributed by atoms with Crippen molar-refractivity contribution in [3.63, 3.8) is 0 Å². The molecule has 0 aromatic heterocycles. The molecule has 0 spiro atoms. The standard InChI is InChI=1S/C24H33ClN4O5S/c25-17-6-7-22-20(13-17)21-5-1-3-19(29(21)35(22,32)33)15-34-24(31)28-10-2-4-18(14-28)27-11-8-16(9-12-27)23(26)30/h6-7,13,16,18-19,21H,1-5,8-12,14-15H2,(H2,26,30)/t18?,19-,21+/m1/s1. The van der Waals surface area contributed by atoms with Crippen molar-refractivity contribution in [2.75, 3.05) is 32.8 Å². The van der Waals surface area contributed by atoms with Gasteiger partial charge in [0.05, 0.1) is 17.0 Å². The minimum Gasteiger partial charge on any atom is -0.448 e. The Morgan fingerprint density at radius 2 is 1.83 bits per heavy atom. The smallest absolute Gasteiger partial charge is 0.409 e. The number of carbonyl (C=O) groups excluding carboxylic acids is 2. The number of piperidine rings is 3. The van der Waals surface area contributed by atoms with Gasteiger partial charge in [-0.15, -0.1) is 0 Å². The van der Waals surface area contributed by atoms with Gasteiger partial charge in [-0.2, -0.15) is 4.31 Å². The van der Waals surface area contributed by atoms with Crippen LogP contribution in [0.5, 0.6) is 0 Å². The predicted octanol–water partition coefficient (Wildman–Crippen LogP) is 2.74. The van der Waals surface area contributed by atoms with E-state index in [0.29, 0.717) is 29.4 Å². The van der Waals surface area contributed by atoms with E-state index in [1.165, 1.54) is 4.31 Å².